The lowest BCUT2D eigenvalue weighted by atomic mass is 9.76. The van der Waals surface area contributed by atoms with Gasteiger partial charge in [-0.3, -0.25) is 0 Å². The number of rotatable bonds is 2. The number of halogens is 3. The van der Waals surface area contributed by atoms with E-state index in [4.69, 9.17) is 10.5 Å². The Hall–Kier alpha value is -0.960. The molecule has 1 heterocycles. The third-order valence-corrected chi connectivity index (χ3v) is 4.35. The zero-order valence-corrected chi connectivity index (χ0v) is 15.4. The third kappa shape index (κ3) is 4.53. The summed E-state index contributed by atoms with van der Waals surface area (Å²) in [6, 6.07) is 3.84. The van der Waals surface area contributed by atoms with Crippen molar-refractivity contribution in [1.82, 2.24) is 4.90 Å². The second kappa shape index (κ2) is 7.74. The Morgan fingerprint density at radius 2 is 1.91 bits per heavy atom. The molecule has 0 bridgehead atoms. The maximum Gasteiger partial charge on any atom is 0.191 e. The minimum atomic E-state index is -0.524. The second-order valence-corrected chi connectivity index (χ2v) is 6.14. The van der Waals surface area contributed by atoms with Gasteiger partial charge in [0, 0.05) is 19.2 Å². The maximum absolute atomic E-state index is 13.2. The van der Waals surface area contributed by atoms with Crippen molar-refractivity contribution in [2.45, 2.75) is 37.8 Å². The van der Waals surface area contributed by atoms with E-state index < -0.39 is 11.6 Å². The Kier molecular flexibility index (Phi) is 6.19. The van der Waals surface area contributed by atoms with E-state index in [0.717, 1.165) is 32.0 Å². The molecule has 2 aliphatic rings. The van der Waals surface area contributed by atoms with E-state index in [0.29, 0.717) is 18.1 Å². The Bertz CT molecular complexity index is 558. The van der Waals surface area contributed by atoms with Crippen LogP contribution in [0.15, 0.2) is 23.2 Å². The van der Waals surface area contributed by atoms with Gasteiger partial charge in [-0.1, -0.05) is 0 Å². The Balaban J connectivity index is 0.00000192. The van der Waals surface area contributed by atoms with Crippen LogP contribution in [0.5, 0.6) is 0 Å². The molecule has 23 heavy (non-hydrogen) atoms. The monoisotopic (exact) mass is 437 g/mol. The van der Waals surface area contributed by atoms with Gasteiger partial charge in [0.2, 0.25) is 0 Å². The van der Waals surface area contributed by atoms with Gasteiger partial charge in [-0.2, -0.15) is 0 Å². The molecule has 1 unspecified atom stereocenters. The van der Waals surface area contributed by atoms with Crippen LogP contribution in [-0.2, 0) is 4.74 Å². The lowest BCUT2D eigenvalue weighted by molar-refractivity contribution is 0.00512. The summed E-state index contributed by atoms with van der Waals surface area (Å²) in [4.78, 5) is 6.57. The summed E-state index contributed by atoms with van der Waals surface area (Å²) in [5.41, 5.74) is 6.76. The largest absolute Gasteiger partial charge is 0.375 e. The Morgan fingerprint density at radius 3 is 2.52 bits per heavy atom. The average molecular weight is 437 g/mol. The third-order valence-electron chi connectivity index (χ3n) is 4.35. The molecule has 128 valence electrons. The lowest BCUT2D eigenvalue weighted by Crippen LogP contribution is -2.48. The van der Waals surface area contributed by atoms with Gasteiger partial charge in [0.15, 0.2) is 5.96 Å². The lowest BCUT2D eigenvalue weighted by Gasteiger charge is -2.36. The SMILES string of the molecule is CC1CN(C(N)=NC2CC(c3cc(F)cc(F)c3)C2)CCO1.I. The fraction of sp³-hybridized carbons (Fsp3) is 0.562. The average Bonchev–Trinajstić information content (AvgIpc) is 2.41. The zero-order valence-electron chi connectivity index (χ0n) is 13.0. The van der Waals surface area contributed by atoms with E-state index in [-0.39, 0.29) is 42.0 Å². The summed E-state index contributed by atoms with van der Waals surface area (Å²) in [7, 11) is 0. The number of guanidine groups is 1. The summed E-state index contributed by atoms with van der Waals surface area (Å²) in [6.45, 7) is 4.18. The van der Waals surface area contributed by atoms with Crippen molar-refractivity contribution in [3.8, 4) is 0 Å². The number of hydrogen-bond acceptors (Lipinski definition) is 2. The van der Waals surface area contributed by atoms with E-state index in [2.05, 4.69) is 4.99 Å². The Morgan fingerprint density at radius 1 is 1.26 bits per heavy atom. The molecule has 1 saturated carbocycles. The zero-order chi connectivity index (χ0) is 15.7. The van der Waals surface area contributed by atoms with E-state index in [1.54, 1.807) is 0 Å². The summed E-state index contributed by atoms with van der Waals surface area (Å²) in [5, 5.41) is 0. The van der Waals surface area contributed by atoms with Crippen molar-refractivity contribution < 1.29 is 13.5 Å². The predicted octanol–water partition coefficient (Wildman–Crippen LogP) is 2.86. The van der Waals surface area contributed by atoms with Crippen LogP contribution in [0.25, 0.3) is 0 Å². The van der Waals surface area contributed by atoms with Crippen molar-refractivity contribution >= 4 is 29.9 Å². The highest BCUT2D eigenvalue weighted by Crippen LogP contribution is 2.39. The molecule has 1 saturated heterocycles. The van der Waals surface area contributed by atoms with Crippen molar-refractivity contribution in [2.75, 3.05) is 19.7 Å². The number of nitrogens with two attached hydrogens (primary N) is 1. The number of hydrogen-bond donors (Lipinski definition) is 1. The molecule has 2 N–H and O–H groups in total. The van der Waals surface area contributed by atoms with Crippen molar-refractivity contribution in [3.63, 3.8) is 0 Å². The van der Waals surface area contributed by atoms with Gasteiger partial charge in [-0.25, -0.2) is 13.8 Å². The first-order chi connectivity index (χ1) is 10.5. The van der Waals surface area contributed by atoms with E-state index in [1.807, 2.05) is 11.8 Å². The van der Waals surface area contributed by atoms with Crippen molar-refractivity contribution in [1.29, 1.82) is 0 Å². The van der Waals surface area contributed by atoms with Crippen LogP contribution in [0, 0.1) is 11.6 Å². The van der Waals surface area contributed by atoms with Crippen LogP contribution in [0.1, 0.15) is 31.2 Å². The summed E-state index contributed by atoms with van der Waals surface area (Å²) < 4.78 is 31.9. The van der Waals surface area contributed by atoms with Gasteiger partial charge in [-0.05, 0) is 43.4 Å². The maximum atomic E-state index is 13.2. The molecule has 3 rings (SSSR count). The molecule has 7 heteroatoms. The minimum Gasteiger partial charge on any atom is -0.375 e. The highest BCUT2D eigenvalue weighted by atomic mass is 127. The molecule has 0 aromatic heterocycles. The summed E-state index contributed by atoms with van der Waals surface area (Å²) in [5.74, 6) is -0.341. The van der Waals surface area contributed by atoms with Crippen LogP contribution in [0.4, 0.5) is 8.78 Å². The summed E-state index contributed by atoms with van der Waals surface area (Å²) >= 11 is 0. The van der Waals surface area contributed by atoms with Crippen LogP contribution < -0.4 is 5.73 Å². The first kappa shape index (κ1) is 18.4. The van der Waals surface area contributed by atoms with Crippen LogP contribution in [0.2, 0.25) is 0 Å². The van der Waals surface area contributed by atoms with Gasteiger partial charge >= 0.3 is 0 Å². The topological polar surface area (TPSA) is 50.8 Å². The molecule has 4 nitrogen and oxygen atoms in total. The quantitative estimate of drug-likeness (QED) is 0.440. The first-order valence-electron chi connectivity index (χ1n) is 7.67. The molecule has 1 aliphatic heterocycles. The van der Waals surface area contributed by atoms with Gasteiger partial charge < -0.3 is 15.4 Å². The molecular weight excluding hydrogens is 415 g/mol. The van der Waals surface area contributed by atoms with E-state index in [1.165, 1.54) is 12.1 Å². The number of aliphatic imine (C=N–C) groups is 1. The van der Waals surface area contributed by atoms with Gasteiger partial charge in [0.05, 0.1) is 18.8 Å². The Labute approximate surface area is 152 Å². The molecule has 0 amide bonds. The molecular formula is C16H22F2IN3O. The van der Waals surface area contributed by atoms with Crippen LogP contribution in [-0.4, -0.2) is 42.7 Å². The molecule has 1 aliphatic carbocycles. The van der Waals surface area contributed by atoms with E-state index >= 15 is 0 Å². The van der Waals surface area contributed by atoms with Crippen LogP contribution >= 0.6 is 24.0 Å². The number of benzene rings is 1. The molecule has 1 atom stereocenters. The van der Waals surface area contributed by atoms with Crippen LogP contribution in [0.3, 0.4) is 0 Å². The minimum absolute atomic E-state index is 0. The highest BCUT2D eigenvalue weighted by Gasteiger charge is 2.31. The van der Waals surface area contributed by atoms with Crippen molar-refractivity contribution in [3.05, 3.63) is 35.4 Å². The normalized spacial score (nSPS) is 28.0. The molecule has 0 radical (unpaired) electrons. The predicted molar refractivity (Wildman–Crippen MR) is 96.1 cm³/mol. The fourth-order valence-electron chi connectivity index (χ4n) is 3.07. The molecule has 0 spiro atoms. The summed E-state index contributed by atoms with van der Waals surface area (Å²) in [6.07, 6.45) is 1.72. The second-order valence-electron chi connectivity index (χ2n) is 6.14. The van der Waals surface area contributed by atoms with Crippen molar-refractivity contribution in [2.24, 2.45) is 10.7 Å². The standard InChI is InChI=1S/C16H21F2N3O.HI/c1-10-9-21(2-3-22-10)16(19)20-15-6-12(7-15)11-4-13(17)8-14(18)5-11;/h4-5,8,10,12,15H,2-3,6-7,9H2,1H3,(H2,19,20);1H. The number of morpholine rings is 1. The van der Waals surface area contributed by atoms with Gasteiger partial charge in [0.25, 0.3) is 0 Å². The van der Waals surface area contributed by atoms with Gasteiger partial charge in [0.1, 0.15) is 11.6 Å². The number of nitrogens with zero attached hydrogens (tertiary/aromatic N) is 2. The highest BCUT2D eigenvalue weighted by molar-refractivity contribution is 14.0. The molecule has 1 aromatic carbocycles. The van der Waals surface area contributed by atoms with E-state index in [9.17, 15) is 8.78 Å². The fourth-order valence-corrected chi connectivity index (χ4v) is 3.07. The van der Waals surface area contributed by atoms with Gasteiger partial charge in [-0.15, -0.1) is 24.0 Å². The molecule has 2 fully saturated rings. The smallest absolute Gasteiger partial charge is 0.191 e. The number of ether oxygens (including phenoxy) is 1. The first-order valence-corrected chi connectivity index (χ1v) is 7.67. The molecule has 1 aromatic rings.